The van der Waals surface area contributed by atoms with Gasteiger partial charge in [0.2, 0.25) is 0 Å². The first-order valence-electron chi connectivity index (χ1n) is 7.37. The molecular formula is C16H21BrN2O. The summed E-state index contributed by atoms with van der Waals surface area (Å²) >= 11 is 3.53. The van der Waals surface area contributed by atoms with Gasteiger partial charge in [0.15, 0.2) is 0 Å². The van der Waals surface area contributed by atoms with Gasteiger partial charge in [0.1, 0.15) is 0 Å². The van der Waals surface area contributed by atoms with Crippen LogP contribution in [0.25, 0.3) is 0 Å². The van der Waals surface area contributed by atoms with Crippen molar-refractivity contribution >= 4 is 21.8 Å². The molecule has 2 saturated heterocycles. The monoisotopic (exact) mass is 336 g/mol. The van der Waals surface area contributed by atoms with Crippen molar-refractivity contribution < 1.29 is 4.79 Å². The van der Waals surface area contributed by atoms with E-state index in [1.165, 1.54) is 24.9 Å². The zero-order chi connectivity index (χ0) is 14.3. The molecule has 3 rings (SSSR count). The number of aryl methyl sites for hydroxylation is 1. The first kappa shape index (κ1) is 14.1. The Balaban J connectivity index is 1.82. The Labute approximate surface area is 129 Å². The van der Waals surface area contributed by atoms with Gasteiger partial charge in [-0.2, -0.15) is 0 Å². The molecule has 0 N–H and O–H groups in total. The molecule has 2 fully saturated rings. The van der Waals surface area contributed by atoms with E-state index in [9.17, 15) is 4.79 Å². The Bertz CT molecular complexity index is 531. The predicted octanol–water partition coefficient (Wildman–Crippen LogP) is 3.07. The Hall–Kier alpha value is -0.870. The zero-order valence-corrected chi connectivity index (χ0v) is 13.7. The molecule has 2 heterocycles. The maximum Gasteiger partial charge on any atom is 0.255 e. The van der Waals surface area contributed by atoms with Gasteiger partial charge in [-0.1, -0.05) is 6.07 Å². The summed E-state index contributed by atoms with van der Waals surface area (Å²) in [5, 5.41) is 0. The van der Waals surface area contributed by atoms with Crippen LogP contribution in [0.1, 0.15) is 35.7 Å². The molecule has 1 aromatic carbocycles. The fourth-order valence-corrected chi connectivity index (χ4v) is 4.08. The van der Waals surface area contributed by atoms with Crippen LogP contribution in [0, 0.1) is 6.92 Å². The second kappa shape index (κ2) is 5.49. The standard InChI is InChI=1S/C16H21BrN2O/c1-11-5-6-14(15(17)8-11)16(20)19-10-13-4-3-7-18(13)9-12(19)2/h5-6,8,12-13H,3-4,7,9-10H2,1-2H3. The lowest BCUT2D eigenvalue weighted by Crippen LogP contribution is -2.56. The smallest absolute Gasteiger partial charge is 0.255 e. The molecule has 2 unspecified atom stereocenters. The number of fused-ring (bicyclic) bond motifs is 1. The number of halogens is 1. The summed E-state index contributed by atoms with van der Waals surface area (Å²) in [6, 6.07) is 6.83. The SMILES string of the molecule is Cc1ccc(C(=O)N2CC3CCCN3CC2C)c(Br)c1. The quantitative estimate of drug-likeness (QED) is 0.786. The summed E-state index contributed by atoms with van der Waals surface area (Å²) in [5.74, 6) is 0.163. The summed E-state index contributed by atoms with van der Waals surface area (Å²) in [6.45, 7) is 7.29. The maximum absolute atomic E-state index is 12.8. The molecular weight excluding hydrogens is 316 g/mol. The van der Waals surface area contributed by atoms with E-state index < -0.39 is 0 Å². The highest BCUT2D eigenvalue weighted by Gasteiger charge is 2.36. The van der Waals surface area contributed by atoms with E-state index >= 15 is 0 Å². The fraction of sp³-hybridized carbons (Fsp3) is 0.562. The van der Waals surface area contributed by atoms with Crippen molar-refractivity contribution in [1.82, 2.24) is 9.80 Å². The maximum atomic E-state index is 12.8. The Morgan fingerprint density at radius 1 is 1.35 bits per heavy atom. The van der Waals surface area contributed by atoms with Gasteiger partial charge < -0.3 is 4.90 Å². The first-order chi connectivity index (χ1) is 9.56. The van der Waals surface area contributed by atoms with Gasteiger partial charge in [0.05, 0.1) is 5.56 Å². The molecule has 0 radical (unpaired) electrons. The largest absolute Gasteiger partial charge is 0.333 e. The number of hydrogen-bond acceptors (Lipinski definition) is 2. The van der Waals surface area contributed by atoms with Crippen LogP contribution in [0.3, 0.4) is 0 Å². The average Bonchev–Trinajstić information content (AvgIpc) is 2.84. The molecule has 1 amide bonds. The normalized spacial score (nSPS) is 26.6. The lowest BCUT2D eigenvalue weighted by Gasteiger charge is -2.42. The van der Waals surface area contributed by atoms with E-state index in [-0.39, 0.29) is 5.91 Å². The number of piperazine rings is 1. The number of carbonyl (C=O) groups excluding carboxylic acids is 1. The summed E-state index contributed by atoms with van der Waals surface area (Å²) < 4.78 is 0.906. The number of hydrogen-bond donors (Lipinski definition) is 0. The molecule has 108 valence electrons. The molecule has 0 spiro atoms. The van der Waals surface area contributed by atoms with Crippen LogP contribution < -0.4 is 0 Å². The van der Waals surface area contributed by atoms with Crippen LogP contribution in [-0.2, 0) is 0 Å². The van der Waals surface area contributed by atoms with E-state index in [0.29, 0.717) is 12.1 Å². The van der Waals surface area contributed by atoms with Crippen molar-refractivity contribution in [1.29, 1.82) is 0 Å². The lowest BCUT2D eigenvalue weighted by atomic mass is 10.1. The Morgan fingerprint density at radius 3 is 2.90 bits per heavy atom. The Kier molecular flexibility index (Phi) is 3.87. The highest BCUT2D eigenvalue weighted by Crippen LogP contribution is 2.27. The predicted molar refractivity (Wildman–Crippen MR) is 84.0 cm³/mol. The highest BCUT2D eigenvalue weighted by atomic mass is 79.9. The van der Waals surface area contributed by atoms with Gasteiger partial charge in [-0.3, -0.25) is 9.69 Å². The fourth-order valence-electron chi connectivity index (χ4n) is 3.42. The minimum Gasteiger partial charge on any atom is -0.333 e. The van der Waals surface area contributed by atoms with Crippen LogP contribution in [0.4, 0.5) is 0 Å². The summed E-state index contributed by atoms with van der Waals surface area (Å²) in [4.78, 5) is 17.4. The minimum absolute atomic E-state index is 0.163. The number of benzene rings is 1. The second-order valence-corrected chi connectivity index (χ2v) is 6.94. The van der Waals surface area contributed by atoms with E-state index in [1.54, 1.807) is 0 Å². The molecule has 2 atom stereocenters. The van der Waals surface area contributed by atoms with Crippen molar-refractivity contribution in [2.45, 2.75) is 38.8 Å². The van der Waals surface area contributed by atoms with Crippen LogP contribution in [-0.4, -0.2) is 47.4 Å². The molecule has 2 aliphatic rings. The topological polar surface area (TPSA) is 23.6 Å². The number of carbonyl (C=O) groups is 1. The van der Waals surface area contributed by atoms with Gasteiger partial charge in [-0.25, -0.2) is 0 Å². The van der Waals surface area contributed by atoms with Gasteiger partial charge in [0, 0.05) is 29.6 Å². The summed E-state index contributed by atoms with van der Waals surface area (Å²) in [5.41, 5.74) is 1.95. The van der Waals surface area contributed by atoms with Crippen LogP contribution >= 0.6 is 15.9 Å². The number of rotatable bonds is 1. The third kappa shape index (κ3) is 2.51. The molecule has 0 saturated carbocycles. The van der Waals surface area contributed by atoms with Crippen LogP contribution in [0.5, 0.6) is 0 Å². The first-order valence-corrected chi connectivity index (χ1v) is 8.16. The van der Waals surface area contributed by atoms with Crippen molar-refractivity contribution in [3.8, 4) is 0 Å². The van der Waals surface area contributed by atoms with Crippen molar-refractivity contribution in [2.75, 3.05) is 19.6 Å². The van der Waals surface area contributed by atoms with Crippen molar-refractivity contribution in [3.63, 3.8) is 0 Å². The molecule has 3 nitrogen and oxygen atoms in total. The number of amides is 1. The minimum atomic E-state index is 0.163. The molecule has 2 aliphatic heterocycles. The van der Waals surface area contributed by atoms with Gasteiger partial charge >= 0.3 is 0 Å². The Morgan fingerprint density at radius 2 is 2.15 bits per heavy atom. The molecule has 0 bridgehead atoms. The average molecular weight is 337 g/mol. The zero-order valence-electron chi connectivity index (χ0n) is 12.1. The molecule has 0 aromatic heterocycles. The third-order valence-corrected chi connectivity index (χ3v) is 5.21. The summed E-state index contributed by atoms with van der Waals surface area (Å²) in [7, 11) is 0. The van der Waals surface area contributed by atoms with Crippen LogP contribution in [0.2, 0.25) is 0 Å². The van der Waals surface area contributed by atoms with Crippen molar-refractivity contribution in [3.05, 3.63) is 33.8 Å². The van der Waals surface area contributed by atoms with Gasteiger partial charge in [-0.15, -0.1) is 0 Å². The van der Waals surface area contributed by atoms with Gasteiger partial charge in [0.25, 0.3) is 5.91 Å². The lowest BCUT2D eigenvalue weighted by molar-refractivity contribution is 0.0394. The van der Waals surface area contributed by atoms with E-state index in [2.05, 4.69) is 32.7 Å². The highest BCUT2D eigenvalue weighted by molar-refractivity contribution is 9.10. The van der Waals surface area contributed by atoms with E-state index in [1.807, 2.05) is 25.1 Å². The molecule has 1 aromatic rings. The third-order valence-electron chi connectivity index (χ3n) is 4.55. The van der Waals surface area contributed by atoms with Crippen molar-refractivity contribution in [2.24, 2.45) is 0 Å². The second-order valence-electron chi connectivity index (χ2n) is 6.08. The van der Waals surface area contributed by atoms with E-state index in [4.69, 9.17) is 0 Å². The summed E-state index contributed by atoms with van der Waals surface area (Å²) in [6.07, 6.45) is 2.50. The number of nitrogens with zero attached hydrogens (tertiary/aromatic N) is 2. The molecule has 20 heavy (non-hydrogen) atoms. The molecule has 0 aliphatic carbocycles. The van der Waals surface area contributed by atoms with Gasteiger partial charge in [-0.05, 0) is 66.9 Å². The molecule has 4 heteroatoms. The van der Waals surface area contributed by atoms with E-state index in [0.717, 1.165) is 23.1 Å². The van der Waals surface area contributed by atoms with Crippen LogP contribution in [0.15, 0.2) is 22.7 Å².